The molecule has 0 aliphatic carbocycles. The van der Waals surface area contributed by atoms with E-state index in [0.717, 1.165) is 12.8 Å². The Bertz CT molecular complexity index is 966. The molecule has 1 aliphatic rings. The lowest BCUT2D eigenvalue weighted by Crippen LogP contribution is -2.54. The van der Waals surface area contributed by atoms with E-state index in [1.165, 1.54) is 6.08 Å². The van der Waals surface area contributed by atoms with Gasteiger partial charge in [-0.15, -0.1) is 0 Å². The molecular formula is C36H65N3O6. The molecule has 9 atom stereocenters. The highest BCUT2D eigenvalue weighted by atomic mass is 16.5. The summed E-state index contributed by atoms with van der Waals surface area (Å²) in [6.45, 7) is 25.6. The van der Waals surface area contributed by atoms with Crippen LogP contribution in [-0.2, 0) is 23.9 Å². The maximum Gasteiger partial charge on any atom is 0.225 e. The van der Waals surface area contributed by atoms with Gasteiger partial charge in [-0.25, -0.2) is 0 Å². The fourth-order valence-corrected chi connectivity index (χ4v) is 6.06. The summed E-state index contributed by atoms with van der Waals surface area (Å²) in [5, 5.41) is 13.6. The van der Waals surface area contributed by atoms with E-state index < -0.39 is 30.3 Å². The van der Waals surface area contributed by atoms with Crippen LogP contribution in [-0.4, -0.2) is 96.9 Å². The Balaban J connectivity index is 0.00000947. The Morgan fingerprint density at radius 3 is 2.11 bits per heavy atom. The van der Waals surface area contributed by atoms with Gasteiger partial charge in [0.05, 0.1) is 48.8 Å². The highest BCUT2D eigenvalue weighted by Gasteiger charge is 2.42. The molecule has 9 nitrogen and oxygen atoms in total. The molecule has 260 valence electrons. The van der Waals surface area contributed by atoms with Crippen LogP contribution in [0.5, 0.6) is 0 Å². The third-order valence-corrected chi connectivity index (χ3v) is 9.38. The zero-order valence-electron chi connectivity index (χ0n) is 30.3. The Labute approximate surface area is 274 Å². The normalized spacial score (nSPS) is 20.4. The number of amides is 3. The maximum absolute atomic E-state index is 13.9. The molecule has 1 aliphatic heterocycles. The quantitative estimate of drug-likeness (QED) is 0.196. The minimum Gasteiger partial charge on any atom is -0.386 e. The first kappa shape index (κ1) is 42.5. The zero-order chi connectivity index (χ0) is 35.0. The molecule has 8 unspecified atom stereocenters. The number of likely N-dealkylation sites (N-methyl/N-ethyl adjacent to an activating group) is 1. The van der Waals surface area contributed by atoms with Crippen molar-refractivity contribution in [3.05, 3.63) is 37.0 Å². The van der Waals surface area contributed by atoms with Crippen molar-refractivity contribution in [2.24, 2.45) is 23.7 Å². The van der Waals surface area contributed by atoms with Gasteiger partial charge < -0.3 is 29.7 Å². The Morgan fingerprint density at radius 1 is 1.04 bits per heavy atom. The van der Waals surface area contributed by atoms with Crippen LogP contribution in [0.3, 0.4) is 0 Å². The largest absolute Gasteiger partial charge is 0.386 e. The van der Waals surface area contributed by atoms with E-state index >= 15 is 0 Å². The lowest BCUT2D eigenvalue weighted by atomic mass is 9.88. The van der Waals surface area contributed by atoms with E-state index in [1.807, 2.05) is 46.6 Å². The smallest absolute Gasteiger partial charge is 0.225 e. The molecule has 0 aromatic rings. The van der Waals surface area contributed by atoms with Crippen molar-refractivity contribution in [3.63, 3.8) is 0 Å². The van der Waals surface area contributed by atoms with Gasteiger partial charge in [-0.2, -0.15) is 0 Å². The number of allylic oxidation sites excluding steroid dienone is 2. The molecule has 0 spiro atoms. The number of likely N-dealkylation sites (tertiary alicyclic amines) is 1. The van der Waals surface area contributed by atoms with Crippen molar-refractivity contribution >= 4 is 17.7 Å². The minimum absolute atomic E-state index is 0.0488. The summed E-state index contributed by atoms with van der Waals surface area (Å²) in [5.41, 5.74) is 0.556. The van der Waals surface area contributed by atoms with Crippen molar-refractivity contribution in [2.75, 3.05) is 27.8 Å². The van der Waals surface area contributed by atoms with E-state index in [-0.39, 0.29) is 54.0 Å². The SMILES string of the molecule is C=C/C=C(\C=C)C(O)C(C)NC(=O)C(C)C(OC)C1CCCN1C(=O)CC(OC)C(C(C)CC)N(C)C(=O)[C@@H](C)C(C)C.CC. The summed E-state index contributed by atoms with van der Waals surface area (Å²) >= 11 is 0. The molecule has 0 aromatic carbocycles. The first-order chi connectivity index (χ1) is 21.2. The molecule has 1 heterocycles. The summed E-state index contributed by atoms with van der Waals surface area (Å²) in [5.74, 6) is -0.711. The van der Waals surface area contributed by atoms with Crippen LogP contribution in [0.2, 0.25) is 0 Å². The van der Waals surface area contributed by atoms with Gasteiger partial charge in [-0.3, -0.25) is 14.4 Å². The summed E-state index contributed by atoms with van der Waals surface area (Å²) < 4.78 is 11.8. The Kier molecular flexibility index (Phi) is 20.2. The van der Waals surface area contributed by atoms with Gasteiger partial charge in [0.2, 0.25) is 17.7 Å². The number of nitrogens with one attached hydrogen (secondary N) is 1. The van der Waals surface area contributed by atoms with Gasteiger partial charge in [-0.05, 0) is 37.2 Å². The molecule has 3 amide bonds. The molecule has 0 bridgehead atoms. The summed E-state index contributed by atoms with van der Waals surface area (Å²) in [4.78, 5) is 44.1. The highest BCUT2D eigenvalue weighted by Crippen LogP contribution is 2.30. The third-order valence-electron chi connectivity index (χ3n) is 9.38. The third kappa shape index (κ3) is 11.7. The van der Waals surface area contributed by atoms with E-state index in [4.69, 9.17) is 9.47 Å². The van der Waals surface area contributed by atoms with Crippen LogP contribution in [0, 0.1) is 23.7 Å². The summed E-state index contributed by atoms with van der Waals surface area (Å²) in [7, 11) is 4.97. The average Bonchev–Trinajstić information content (AvgIpc) is 3.52. The van der Waals surface area contributed by atoms with E-state index in [2.05, 4.69) is 32.3 Å². The number of aliphatic hydroxyl groups excluding tert-OH is 1. The average molecular weight is 636 g/mol. The van der Waals surface area contributed by atoms with Crippen molar-refractivity contribution < 1.29 is 29.0 Å². The van der Waals surface area contributed by atoms with Crippen LogP contribution >= 0.6 is 0 Å². The molecule has 0 aromatic heterocycles. The molecular weight excluding hydrogens is 570 g/mol. The monoisotopic (exact) mass is 635 g/mol. The molecule has 0 radical (unpaired) electrons. The van der Waals surface area contributed by atoms with Crippen LogP contribution in [0.25, 0.3) is 0 Å². The molecule has 1 fully saturated rings. The number of carbonyl (C=O) groups is 3. The fourth-order valence-electron chi connectivity index (χ4n) is 6.06. The maximum atomic E-state index is 13.9. The molecule has 2 N–H and O–H groups in total. The molecule has 45 heavy (non-hydrogen) atoms. The van der Waals surface area contributed by atoms with E-state index in [0.29, 0.717) is 18.5 Å². The predicted octanol–water partition coefficient (Wildman–Crippen LogP) is 5.39. The van der Waals surface area contributed by atoms with Crippen molar-refractivity contribution in [1.82, 2.24) is 15.1 Å². The van der Waals surface area contributed by atoms with Crippen LogP contribution in [0.4, 0.5) is 0 Å². The topological polar surface area (TPSA) is 108 Å². The molecule has 1 saturated heterocycles. The summed E-state index contributed by atoms with van der Waals surface area (Å²) in [6.07, 6.45) is 5.24. The zero-order valence-corrected chi connectivity index (χ0v) is 30.3. The lowest BCUT2D eigenvalue weighted by Gasteiger charge is -2.40. The van der Waals surface area contributed by atoms with E-state index in [1.54, 1.807) is 45.1 Å². The fraction of sp³-hybridized carbons (Fsp3) is 0.750. The second kappa shape index (κ2) is 21.3. The number of aliphatic hydroxyl groups is 1. The molecule has 9 heteroatoms. The second-order valence-electron chi connectivity index (χ2n) is 12.5. The molecule has 1 rings (SSSR count). The number of ether oxygens (including phenoxy) is 2. The van der Waals surface area contributed by atoms with Gasteiger partial charge in [-0.1, -0.05) is 93.2 Å². The molecule has 0 saturated carbocycles. The standard InChI is InChI=1S/C34H59N3O6.C2H6/c1-13-17-26(15-3)31(39)25(9)35-33(40)24(8)32(43-12)27-18-16-19-37(27)29(38)20-28(42-11)30(22(6)14-2)36(10)34(41)23(7)21(4)5;1-2/h13,15,17,21-25,27-28,30-32,39H,1,3,14,16,18-20H2,2,4-12H3,(H,35,40);1-2H3/b26-17+;/t22?,23-,24?,25?,27?,28?,30?,31?,32?;/m0./s1. The van der Waals surface area contributed by atoms with Crippen LogP contribution in [0.15, 0.2) is 37.0 Å². The minimum atomic E-state index is -0.949. The number of rotatable bonds is 18. The summed E-state index contributed by atoms with van der Waals surface area (Å²) in [6, 6.07) is -1.13. The van der Waals surface area contributed by atoms with Crippen LogP contribution < -0.4 is 5.32 Å². The Hall–Kier alpha value is -2.49. The van der Waals surface area contributed by atoms with Crippen molar-refractivity contribution in [1.29, 1.82) is 0 Å². The number of methoxy groups -OCH3 is 2. The van der Waals surface area contributed by atoms with Gasteiger partial charge in [0, 0.05) is 33.7 Å². The van der Waals surface area contributed by atoms with Crippen molar-refractivity contribution in [2.45, 2.75) is 124 Å². The van der Waals surface area contributed by atoms with Gasteiger partial charge in [0.25, 0.3) is 0 Å². The number of nitrogens with zero attached hydrogens (tertiary/aromatic N) is 2. The van der Waals surface area contributed by atoms with E-state index in [9.17, 15) is 19.5 Å². The number of carbonyl (C=O) groups excluding carboxylic acids is 3. The van der Waals surface area contributed by atoms with Gasteiger partial charge in [0.1, 0.15) is 0 Å². The second-order valence-corrected chi connectivity index (χ2v) is 12.5. The Morgan fingerprint density at radius 2 is 1.64 bits per heavy atom. The highest BCUT2D eigenvalue weighted by molar-refractivity contribution is 5.81. The van der Waals surface area contributed by atoms with Crippen LogP contribution in [0.1, 0.15) is 88.0 Å². The van der Waals surface area contributed by atoms with Gasteiger partial charge >= 0.3 is 0 Å². The number of hydrogen-bond acceptors (Lipinski definition) is 6. The first-order valence-electron chi connectivity index (χ1n) is 16.8. The number of hydrogen-bond donors (Lipinski definition) is 2. The van der Waals surface area contributed by atoms with Gasteiger partial charge in [0.15, 0.2) is 0 Å². The first-order valence-corrected chi connectivity index (χ1v) is 16.8. The lowest BCUT2D eigenvalue weighted by molar-refractivity contribution is -0.147. The van der Waals surface area contributed by atoms with Crippen molar-refractivity contribution in [3.8, 4) is 0 Å². The predicted molar refractivity (Wildman–Crippen MR) is 184 cm³/mol.